The monoisotopic (exact) mass is 318 g/mol. The summed E-state index contributed by atoms with van der Waals surface area (Å²) in [7, 11) is 0. The summed E-state index contributed by atoms with van der Waals surface area (Å²) in [5.41, 5.74) is 3.18. The maximum absolute atomic E-state index is 12.3. The van der Waals surface area contributed by atoms with Gasteiger partial charge in [-0.25, -0.2) is 9.97 Å². The average Bonchev–Trinajstić information content (AvgIpc) is 2.63. The molecule has 0 spiro atoms. The predicted molar refractivity (Wildman–Crippen MR) is 95.5 cm³/mol. The number of rotatable bonds is 5. The lowest BCUT2D eigenvalue weighted by Gasteiger charge is -2.08. The number of para-hydroxylation sites is 1. The first-order chi connectivity index (χ1) is 11.7. The molecule has 24 heavy (non-hydrogen) atoms. The fourth-order valence-corrected chi connectivity index (χ4v) is 2.24. The molecule has 1 heterocycles. The molecule has 0 aliphatic heterocycles. The standard InChI is InChI=1S/C19H18N4O/c1-2-14-8-10-16(11-9-14)23-19(24)17-12-18(21-13-20-17)22-15-6-4-3-5-7-15/h3-13H,2H2,1H3,(H,23,24)(H,20,21,22). The van der Waals surface area contributed by atoms with Gasteiger partial charge in [-0.2, -0.15) is 0 Å². The van der Waals surface area contributed by atoms with Gasteiger partial charge in [-0.15, -0.1) is 0 Å². The van der Waals surface area contributed by atoms with Crippen molar-refractivity contribution in [3.63, 3.8) is 0 Å². The molecule has 1 amide bonds. The molecule has 5 heteroatoms. The molecule has 0 bridgehead atoms. The quantitative estimate of drug-likeness (QED) is 0.745. The van der Waals surface area contributed by atoms with Crippen molar-refractivity contribution in [2.24, 2.45) is 0 Å². The first kappa shape index (κ1) is 15.7. The van der Waals surface area contributed by atoms with E-state index in [1.807, 2.05) is 54.6 Å². The minimum atomic E-state index is -0.266. The van der Waals surface area contributed by atoms with Gasteiger partial charge in [0.15, 0.2) is 0 Å². The summed E-state index contributed by atoms with van der Waals surface area (Å²) in [5.74, 6) is 0.306. The van der Waals surface area contributed by atoms with E-state index >= 15 is 0 Å². The van der Waals surface area contributed by atoms with Crippen LogP contribution in [0.1, 0.15) is 23.0 Å². The van der Waals surface area contributed by atoms with E-state index in [9.17, 15) is 4.79 Å². The molecular formula is C19H18N4O. The Hall–Kier alpha value is -3.21. The number of hydrogen-bond acceptors (Lipinski definition) is 4. The Morgan fingerprint density at radius 1 is 0.958 bits per heavy atom. The summed E-state index contributed by atoms with van der Waals surface area (Å²) < 4.78 is 0. The summed E-state index contributed by atoms with van der Waals surface area (Å²) in [6.45, 7) is 2.09. The van der Waals surface area contributed by atoms with Gasteiger partial charge in [0.2, 0.25) is 0 Å². The van der Waals surface area contributed by atoms with Crippen molar-refractivity contribution in [2.75, 3.05) is 10.6 Å². The van der Waals surface area contributed by atoms with Gasteiger partial charge in [0.05, 0.1) is 0 Å². The molecule has 3 aromatic rings. The van der Waals surface area contributed by atoms with Crippen LogP contribution in [0, 0.1) is 0 Å². The van der Waals surface area contributed by atoms with Crippen molar-refractivity contribution in [2.45, 2.75) is 13.3 Å². The van der Waals surface area contributed by atoms with Crippen molar-refractivity contribution in [1.82, 2.24) is 9.97 Å². The van der Waals surface area contributed by atoms with E-state index < -0.39 is 0 Å². The van der Waals surface area contributed by atoms with Crippen molar-refractivity contribution < 1.29 is 4.79 Å². The van der Waals surface area contributed by atoms with Gasteiger partial charge in [0.1, 0.15) is 17.8 Å². The Labute approximate surface area is 140 Å². The van der Waals surface area contributed by atoms with Crippen LogP contribution in [-0.4, -0.2) is 15.9 Å². The molecule has 0 saturated heterocycles. The van der Waals surface area contributed by atoms with Gasteiger partial charge in [-0.3, -0.25) is 4.79 Å². The molecule has 120 valence electrons. The topological polar surface area (TPSA) is 66.9 Å². The summed E-state index contributed by atoms with van der Waals surface area (Å²) in [4.78, 5) is 20.5. The van der Waals surface area contributed by atoms with Crippen LogP contribution in [0.25, 0.3) is 0 Å². The molecule has 0 saturated carbocycles. The third-order valence-electron chi connectivity index (χ3n) is 3.57. The van der Waals surface area contributed by atoms with Crippen molar-refractivity contribution in [3.05, 3.63) is 78.2 Å². The Bertz CT molecular complexity index is 816. The Balaban J connectivity index is 1.71. The van der Waals surface area contributed by atoms with Crippen LogP contribution in [-0.2, 0) is 6.42 Å². The summed E-state index contributed by atoms with van der Waals surface area (Å²) in [6, 6.07) is 19.1. The lowest BCUT2D eigenvalue weighted by molar-refractivity contribution is 0.102. The molecule has 0 unspecified atom stereocenters. The zero-order chi connectivity index (χ0) is 16.8. The fraction of sp³-hybridized carbons (Fsp3) is 0.105. The second-order valence-electron chi connectivity index (χ2n) is 5.28. The molecule has 3 rings (SSSR count). The zero-order valence-electron chi connectivity index (χ0n) is 13.4. The molecule has 2 N–H and O–H groups in total. The van der Waals surface area contributed by atoms with E-state index in [1.165, 1.54) is 11.9 Å². The number of nitrogens with one attached hydrogen (secondary N) is 2. The maximum atomic E-state index is 12.3. The molecule has 0 radical (unpaired) electrons. The summed E-state index contributed by atoms with van der Waals surface area (Å²) >= 11 is 0. The van der Waals surface area contributed by atoms with Crippen LogP contribution in [0.3, 0.4) is 0 Å². The van der Waals surface area contributed by atoms with E-state index in [0.717, 1.165) is 17.8 Å². The normalized spacial score (nSPS) is 10.2. The second-order valence-corrected chi connectivity index (χ2v) is 5.28. The first-order valence-electron chi connectivity index (χ1n) is 7.79. The minimum Gasteiger partial charge on any atom is -0.340 e. The number of aryl methyl sites for hydroxylation is 1. The van der Waals surface area contributed by atoms with Gasteiger partial charge in [-0.05, 0) is 36.2 Å². The van der Waals surface area contributed by atoms with Crippen molar-refractivity contribution in [3.8, 4) is 0 Å². The number of hydrogen-bond donors (Lipinski definition) is 2. The first-order valence-corrected chi connectivity index (χ1v) is 7.79. The number of benzene rings is 2. The Morgan fingerprint density at radius 3 is 2.42 bits per heavy atom. The van der Waals surface area contributed by atoms with Gasteiger partial charge >= 0.3 is 0 Å². The van der Waals surface area contributed by atoms with Crippen LogP contribution < -0.4 is 10.6 Å². The number of amides is 1. The van der Waals surface area contributed by atoms with E-state index in [1.54, 1.807) is 6.07 Å². The van der Waals surface area contributed by atoms with Crippen LogP contribution in [0.2, 0.25) is 0 Å². The minimum absolute atomic E-state index is 0.266. The lowest BCUT2D eigenvalue weighted by atomic mass is 10.1. The van der Waals surface area contributed by atoms with E-state index in [2.05, 4.69) is 27.5 Å². The van der Waals surface area contributed by atoms with Gasteiger partial charge in [-0.1, -0.05) is 37.3 Å². The van der Waals surface area contributed by atoms with Crippen LogP contribution in [0.15, 0.2) is 67.0 Å². The average molecular weight is 318 g/mol. The van der Waals surface area contributed by atoms with E-state index in [4.69, 9.17) is 0 Å². The van der Waals surface area contributed by atoms with E-state index in [0.29, 0.717) is 11.5 Å². The highest BCUT2D eigenvalue weighted by Gasteiger charge is 2.09. The third kappa shape index (κ3) is 3.95. The van der Waals surface area contributed by atoms with Crippen LogP contribution in [0.5, 0.6) is 0 Å². The largest absolute Gasteiger partial charge is 0.340 e. The third-order valence-corrected chi connectivity index (χ3v) is 3.57. The van der Waals surface area contributed by atoms with Crippen LogP contribution in [0.4, 0.5) is 17.2 Å². The molecule has 0 atom stereocenters. The van der Waals surface area contributed by atoms with E-state index in [-0.39, 0.29) is 5.91 Å². The molecule has 2 aromatic carbocycles. The predicted octanol–water partition coefficient (Wildman–Crippen LogP) is 4.03. The molecule has 0 aliphatic carbocycles. The Morgan fingerprint density at radius 2 is 1.71 bits per heavy atom. The highest BCUT2D eigenvalue weighted by atomic mass is 16.1. The molecule has 0 aliphatic rings. The number of aromatic nitrogens is 2. The van der Waals surface area contributed by atoms with Crippen molar-refractivity contribution >= 4 is 23.1 Å². The fourth-order valence-electron chi connectivity index (χ4n) is 2.24. The van der Waals surface area contributed by atoms with Gasteiger partial charge < -0.3 is 10.6 Å². The smallest absolute Gasteiger partial charge is 0.274 e. The lowest BCUT2D eigenvalue weighted by Crippen LogP contribution is -2.14. The second kappa shape index (κ2) is 7.37. The molecule has 5 nitrogen and oxygen atoms in total. The number of carbonyl (C=O) groups is 1. The number of anilines is 3. The number of carbonyl (C=O) groups excluding carboxylic acids is 1. The molecular weight excluding hydrogens is 300 g/mol. The summed E-state index contributed by atoms with van der Waals surface area (Å²) in [5, 5.41) is 5.99. The summed E-state index contributed by atoms with van der Waals surface area (Å²) in [6.07, 6.45) is 2.34. The van der Waals surface area contributed by atoms with Crippen LogP contribution >= 0.6 is 0 Å². The SMILES string of the molecule is CCc1ccc(NC(=O)c2cc(Nc3ccccc3)ncn2)cc1. The zero-order valence-corrected chi connectivity index (χ0v) is 13.4. The number of nitrogens with zero attached hydrogens (tertiary/aromatic N) is 2. The molecule has 1 aromatic heterocycles. The maximum Gasteiger partial charge on any atom is 0.274 e. The van der Waals surface area contributed by atoms with Gasteiger partial charge in [0, 0.05) is 17.4 Å². The van der Waals surface area contributed by atoms with Gasteiger partial charge in [0.25, 0.3) is 5.91 Å². The highest BCUT2D eigenvalue weighted by molar-refractivity contribution is 6.03. The highest BCUT2D eigenvalue weighted by Crippen LogP contribution is 2.15. The molecule has 0 fully saturated rings. The van der Waals surface area contributed by atoms with Crippen molar-refractivity contribution in [1.29, 1.82) is 0 Å². The Kier molecular flexibility index (Phi) is 4.81.